The first kappa shape index (κ1) is 27.8. The number of hydrogen-bond acceptors (Lipinski definition) is 6. The van der Waals surface area contributed by atoms with Crippen LogP contribution < -0.4 is 20.9 Å². The minimum atomic E-state index is -1.36. The molecule has 0 saturated heterocycles. The van der Waals surface area contributed by atoms with Crippen LogP contribution in [-0.4, -0.2) is 45.9 Å². The van der Waals surface area contributed by atoms with Gasteiger partial charge in [0, 0.05) is 11.3 Å². The minimum Gasteiger partial charge on any atom is -0.486 e. The number of pyridine rings is 1. The molecule has 0 aliphatic rings. The van der Waals surface area contributed by atoms with Crippen LogP contribution in [0.1, 0.15) is 22.5 Å². The molecule has 1 aromatic heterocycles. The van der Waals surface area contributed by atoms with Crippen molar-refractivity contribution in [1.29, 1.82) is 0 Å². The molecule has 10 heteroatoms. The molecule has 1 atom stereocenters. The number of para-hydroxylation sites is 1. The number of amides is 2. The van der Waals surface area contributed by atoms with Crippen molar-refractivity contribution in [2.24, 2.45) is 0 Å². The molecule has 0 aliphatic heterocycles. The summed E-state index contributed by atoms with van der Waals surface area (Å²) < 4.78 is 6.53. The highest BCUT2D eigenvalue weighted by atomic mass is 16.5. The van der Waals surface area contributed by atoms with E-state index in [9.17, 15) is 29.1 Å². The third kappa shape index (κ3) is 6.79. The molecule has 0 saturated carbocycles. The molecule has 40 heavy (non-hydrogen) atoms. The average Bonchev–Trinajstić information content (AvgIpc) is 2.95. The first-order valence-corrected chi connectivity index (χ1v) is 12.4. The van der Waals surface area contributed by atoms with Crippen LogP contribution in [0.5, 0.6) is 5.75 Å². The summed E-state index contributed by atoms with van der Waals surface area (Å²) in [7, 11) is 0. The third-order valence-electron chi connectivity index (χ3n) is 6.20. The number of carboxylic acids is 1. The van der Waals surface area contributed by atoms with Gasteiger partial charge in [-0.25, -0.2) is 0 Å². The highest BCUT2D eigenvalue weighted by Gasteiger charge is 2.25. The summed E-state index contributed by atoms with van der Waals surface area (Å²) in [6, 6.07) is 22.8. The van der Waals surface area contributed by atoms with Gasteiger partial charge in [-0.2, -0.15) is 0 Å². The van der Waals surface area contributed by atoms with Gasteiger partial charge in [0.1, 0.15) is 30.6 Å². The summed E-state index contributed by atoms with van der Waals surface area (Å²) in [4.78, 5) is 63.1. The second-order valence-corrected chi connectivity index (χ2v) is 9.05. The third-order valence-corrected chi connectivity index (χ3v) is 6.20. The van der Waals surface area contributed by atoms with Crippen molar-refractivity contribution >= 4 is 40.0 Å². The van der Waals surface area contributed by atoms with E-state index < -0.39 is 54.7 Å². The number of carbonyl (C=O) groups excluding carboxylic acids is 3. The van der Waals surface area contributed by atoms with Crippen molar-refractivity contribution in [1.82, 2.24) is 9.88 Å². The molecule has 0 radical (unpaired) electrons. The standard InChI is InChI=1S/C30H27N3O7/c1-19-14-15-24(32-29(38)23-13-7-9-20-8-5-6-12-22(20)23)30(39)33(19)17-27(35)31-25(16-28(36)37)26(34)18-40-21-10-3-2-4-11-21/h2-15,25H,16-18H2,1H3,(H,31,35)(H,32,38)(H,36,37)/t25-/m0/s1. The van der Waals surface area contributed by atoms with E-state index >= 15 is 0 Å². The van der Waals surface area contributed by atoms with E-state index in [2.05, 4.69) is 10.6 Å². The average molecular weight is 542 g/mol. The summed E-state index contributed by atoms with van der Waals surface area (Å²) >= 11 is 0. The highest BCUT2D eigenvalue weighted by Crippen LogP contribution is 2.19. The van der Waals surface area contributed by atoms with E-state index in [1.54, 1.807) is 55.5 Å². The molecule has 10 nitrogen and oxygen atoms in total. The normalized spacial score (nSPS) is 11.4. The molecular weight excluding hydrogens is 514 g/mol. The number of ether oxygens (including phenoxy) is 1. The number of rotatable bonds is 11. The molecule has 4 rings (SSSR count). The van der Waals surface area contributed by atoms with E-state index in [0.29, 0.717) is 17.0 Å². The largest absolute Gasteiger partial charge is 0.486 e. The Morgan fingerprint density at radius 3 is 2.35 bits per heavy atom. The van der Waals surface area contributed by atoms with Crippen LogP contribution >= 0.6 is 0 Å². The molecular formula is C30H27N3O7. The van der Waals surface area contributed by atoms with E-state index in [-0.39, 0.29) is 5.69 Å². The lowest BCUT2D eigenvalue weighted by molar-refractivity contribution is -0.140. The Bertz CT molecular complexity index is 1620. The van der Waals surface area contributed by atoms with Crippen molar-refractivity contribution in [3.05, 3.63) is 107 Å². The van der Waals surface area contributed by atoms with E-state index in [4.69, 9.17) is 4.74 Å². The van der Waals surface area contributed by atoms with Crippen LogP contribution in [0.4, 0.5) is 5.69 Å². The number of carbonyl (C=O) groups is 4. The zero-order valence-corrected chi connectivity index (χ0v) is 21.6. The Hall–Kier alpha value is -5.25. The zero-order chi connectivity index (χ0) is 28.6. The Balaban J connectivity index is 1.47. The summed E-state index contributed by atoms with van der Waals surface area (Å²) in [6.07, 6.45) is -0.655. The van der Waals surface area contributed by atoms with Crippen molar-refractivity contribution in [3.8, 4) is 5.75 Å². The molecule has 0 unspecified atom stereocenters. The lowest BCUT2D eigenvalue weighted by atomic mass is 10.0. The second-order valence-electron chi connectivity index (χ2n) is 9.05. The topological polar surface area (TPSA) is 144 Å². The number of fused-ring (bicyclic) bond motifs is 1. The summed E-state index contributed by atoms with van der Waals surface area (Å²) in [5.74, 6) is -2.74. The summed E-state index contributed by atoms with van der Waals surface area (Å²) in [5, 5.41) is 15.9. The molecule has 1 heterocycles. The van der Waals surface area contributed by atoms with E-state index in [0.717, 1.165) is 15.3 Å². The molecule has 3 aromatic carbocycles. The lowest BCUT2D eigenvalue weighted by Crippen LogP contribution is -2.46. The number of anilines is 1. The number of benzene rings is 3. The number of aryl methyl sites for hydroxylation is 1. The Kier molecular flexibility index (Phi) is 8.70. The van der Waals surface area contributed by atoms with Gasteiger partial charge in [-0.15, -0.1) is 0 Å². The number of nitrogens with one attached hydrogen (secondary N) is 2. The Labute approximate surface area is 229 Å². The van der Waals surface area contributed by atoms with Gasteiger partial charge < -0.3 is 25.0 Å². The Morgan fingerprint density at radius 1 is 0.900 bits per heavy atom. The van der Waals surface area contributed by atoms with Crippen LogP contribution in [0, 0.1) is 6.92 Å². The number of hydrogen-bond donors (Lipinski definition) is 3. The smallest absolute Gasteiger partial charge is 0.305 e. The van der Waals surface area contributed by atoms with Crippen LogP contribution in [0.3, 0.4) is 0 Å². The van der Waals surface area contributed by atoms with E-state index in [1.165, 1.54) is 6.07 Å². The number of ketones is 1. The molecule has 3 N–H and O–H groups in total. The first-order chi connectivity index (χ1) is 19.2. The number of nitrogens with zero attached hydrogens (tertiary/aromatic N) is 1. The molecule has 0 spiro atoms. The fraction of sp³-hybridized carbons (Fsp3) is 0.167. The fourth-order valence-corrected chi connectivity index (χ4v) is 4.15. The van der Waals surface area contributed by atoms with Gasteiger partial charge in [-0.3, -0.25) is 24.0 Å². The predicted octanol–water partition coefficient (Wildman–Crippen LogP) is 3.17. The second kappa shape index (κ2) is 12.5. The Morgan fingerprint density at radius 2 is 1.60 bits per heavy atom. The molecule has 2 amide bonds. The van der Waals surface area contributed by atoms with Gasteiger partial charge in [0.05, 0.1) is 6.42 Å². The van der Waals surface area contributed by atoms with Crippen LogP contribution in [0.15, 0.2) is 89.7 Å². The fourth-order valence-electron chi connectivity index (χ4n) is 4.15. The van der Waals surface area contributed by atoms with Crippen molar-refractivity contribution < 1.29 is 29.0 Å². The maximum Gasteiger partial charge on any atom is 0.305 e. The quantitative estimate of drug-likeness (QED) is 0.265. The van der Waals surface area contributed by atoms with Crippen LogP contribution in [0.25, 0.3) is 10.8 Å². The van der Waals surface area contributed by atoms with Gasteiger partial charge in [-0.05, 0) is 48.0 Å². The monoisotopic (exact) mass is 541 g/mol. The van der Waals surface area contributed by atoms with Gasteiger partial charge in [0.15, 0.2) is 5.78 Å². The van der Waals surface area contributed by atoms with Crippen LogP contribution in [0.2, 0.25) is 0 Å². The zero-order valence-electron chi connectivity index (χ0n) is 21.6. The molecule has 4 aromatic rings. The minimum absolute atomic E-state index is 0.0363. The maximum absolute atomic E-state index is 13.2. The molecule has 0 bridgehead atoms. The lowest BCUT2D eigenvalue weighted by Gasteiger charge is -2.18. The van der Waals surface area contributed by atoms with Crippen molar-refractivity contribution in [3.63, 3.8) is 0 Å². The van der Waals surface area contributed by atoms with Gasteiger partial charge >= 0.3 is 5.97 Å². The van der Waals surface area contributed by atoms with E-state index in [1.807, 2.05) is 30.3 Å². The highest BCUT2D eigenvalue weighted by molar-refractivity contribution is 6.12. The molecule has 204 valence electrons. The SMILES string of the molecule is Cc1ccc(NC(=O)c2cccc3ccccc23)c(=O)n1CC(=O)N[C@@H](CC(=O)O)C(=O)COc1ccccc1. The predicted molar refractivity (Wildman–Crippen MR) is 148 cm³/mol. The number of aliphatic carboxylic acids is 1. The van der Waals surface area contributed by atoms with Crippen molar-refractivity contribution in [2.75, 3.05) is 11.9 Å². The first-order valence-electron chi connectivity index (χ1n) is 12.4. The molecule has 0 fully saturated rings. The van der Waals surface area contributed by atoms with Crippen molar-refractivity contribution in [2.45, 2.75) is 25.9 Å². The van der Waals surface area contributed by atoms with Gasteiger partial charge in [-0.1, -0.05) is 54.6 Å². The molecule has 0 aliphatic carbocycles. The number of Topliss-reactive ketones (excluding diaryl/α,β-unsaturated/α-hetero) is 1. The summed E-state index contributed by atoms with van der Waals surface area (Å²) in [6.45, 7) is 0.668. The maximum atomic E-state index is 13.2. The van der Waals surface area contributed by atoms with Gasteiger partial charge in [0.2, 0.25) is 5.91 Å². The van der Waals surface area contributed by atoms with Crippen LogP contribution in [-0.2, 0) is 20.9 Å². The van der Waals surface area contributed by atoms with Gasteiger partial charge in [0.25, 0.3) is 11.5 Å². The summed E-state index contributed by atoms with van der Waals surface area (Å²) in [5.41, 5.74) is 0.148. The number of carboxylic acid groups (broad SMARTS) is 1. The number of aromatic nitrogens is 1.